The number of hydrogen-bond donors (Lipinski definition) is 2. The smallest absolute Gasteiger partial charge is 0.328 e. The number of aldehydes is 1. The first-order valence-corrected chi connectivity index (χ1v) is 6.57. The molecule has 1 atom stereocenters. The Bertz CT molecular complexity index is 521. The molecule has 2 N–H and O–H groups in total. The summed E-state index contributed by atoms with van der Waals surface area (Å²) < 4.78 is 5.53. The zero-order valence-corrected chi connectivity index (χ0v) is 12.3. The highest BCUT2D eigenvalue weighted by Gasteiger charge is 2.32. The normalized spacial score (nSPS) is 12.3. The lowest BCUT2D eigenvalue weighted by atomic mass is 10.1. The van der Waals surface area contributed by atoms with E-state index in [2.05, 4.69) is 5.32 Å². The molecule has 0 aliphatic heterocycles. The van der Waals surface area contributed by atoms with Crippen molar-refractivity contribution in [2.45, 2.75) is 38.8 Å². The highest BCUT2D eigenvalue weighted by Crippen LogP contribution is 2.15. The summed E-state index contributed by atoms with van der Waals surface area (Å²) in [4.78, 5) is 33.6. The number of amides is 1. The summed E-state index contributed by atoms with van der Waals surface area (Å²) in [6.45, 7) is 4.56. The Hall–Kier alpha value is -2.37. The number of carboxylic acids is 1. The molecule has 0 bridgehead atoms. The lowest BCUT2D eigenvalue weighted by Gasteiger charge is -2.24. The second kappa shape index (κ2) is 6.88. The molecule has 1 aromatic rings. The first kappa shape index (κ1) is 16.7. The molecule has 0 spiro atoms. The van der Waals surface area contributed by atoms with Gasteiger partial charge in [0.1, 0.15) is 17.6 Å². The van der Waals surface area contributed by atoms with Crippen molar-refractivity contribution in [3.8, 4) is 5.75 Å². The molecule has 6 nitrogen and oxygen atoms in total. The molecule has 21 heavy (non-hydrogen) atoms. The molecule has 6 heteroatoms. The summed E-state index contributed by atoms with van der Waals surface area (Å²) >= 11 is 0. The Balaban J connectivity index is 2.75. The molecular formula is C15H19NO5. The van der Waals surface area contributed by atoms with Crippen LogP contribution in [0.4, 0.5) is 0 Å². The van der Waals surface area contributed by atoms with Gasteiger partial charge in [-0.05, 0) is 44.5 Å². The topological polar surface area (TPSA) is 92.7 Å². The molecule has 0 saturated heterocycles. The van der Waals surface area contributed by atoms with E-state index in [-0.39, 0.29) is 0 Å². The van der Waals surface area contributed by atoms with Gasteiger partial charge in [-0.1, -0.05) is 6.92 Å². The SMILES string of the molecule is CCC(Oc1ccc(C=O)cc1)C(=O)NC(C)(C)C(=O)O. The number of benzene rings is 1. The molecule has 0 heterocycles. The molecule has 114 valence electrons. The fourth-order valence-electron chi connectivity index (χ4n) is 1.55. The summed E-state index contributed by atoms with van der Waals surface area (Å²) in [6, 6.07) is 6.33. The zero-order valence-electron chi connectivity index (χ0n) is 12.3. The van der Waals surface area contributed by atoms with E-state index in [9.17, 15) is 14.4 Å². The maximum absolute atomic E-state index is 12.1. The monoisotopic (exact) mass is 293 g/mol. The van der Waals surface area contributed by atoms with E-state index in [1.165, 1.54) is 13.8 Å². The molecular weight excluding hydrogens is 274 g/mol. The Kier molecular flexibility index (Phi) is 5.46. The number of carbonyl (C=O) groups is 3. The molecule has 0 fully saturated rings. The van der Waals surface area contributed by atoms with E-state index >= 15 is 0 Å². The van der Waals surface area contributed by atoms with Gasteiger partial charge >= 0.3 is 5.97 Å². The molecule has 0 radical (unpaired) electrons. The number of ether oxygens (including phenoxy) is 1. The Morgan fingerprint density at radius 3 is 2.33 bits per heavy atom. The van der Waals surface area contributed by atoms with Crippen LogP contribution in [0.1, 0.15) is 37.6 Å². The fraction of sp³-hybridized carbons (Fsp3) is 0.400. The van der Waals surface area contributed by atoms with Crippen molar-refractivity contribution in [3.63, 3.8) is 0 Å². The second-order valence-electron chi connectivity index (χ2n) is 5.12. The van der Waals surface area contributed by atoms with Crippen LogP contribution in [0.3, 0.4) is 0 Å². The Labute approximate surface area is 123 Å². The van der Waals surface area contributed by atoms with Gasteiger partial charge in [0.15, 0.2) is 6.10 Å². The first-order valence-electron chi connectivity index (χ1n) is 6.57. The van der Waals surface area contributed by atoms with E-state index in [0.29, 0.717) is 24.0 Å². The molecule has 1 aromatic carbocycles. The van der Waals surface area contributed by atoms with Gasteiger partial charge < -0.3 is 15.2 Å². The predicted molar refractivity (Wildman–Crippen MR) is 76.4 cm³/mol. The minimum Gasteiger partial charge on any atom is -0.481 e. The van der Waals surface area contributed by atoms with Crippen molar-refractivity contribution in [1.82, 2.24) is 5.32 Å². The average Bonchev–Trinajstić information content (AvgIpc) is 2.44. The number of carboxylic acid groups (broad SMARTS) is 1. The minimum atomic E-state index is -1.37. The van der Waals surface area contributed by atoms with Gasteiger partial charge in [0.2, 0.25) is 0 Å². The third-order valence-electron chi connectivity index (χ3n) is 2.93. The average molecular weight is 293 g/mol. The van der Waals surface area contributed by atoms with Crippen molar-refractivity contribution in [2.24, 2.45) is 0 Å². The van der Waals surface area contributed by atoms with Gasteiger partial charge in [-0.15, -0.1) is 0 Å². The maximum atomic E-state index is 12.1. The van der Waals surface area contributed by atoms with Crippen molar-refractivity contribution in [2.75, 3.05) is 0 Å². The second-order valence-corrected chi connectivity index (χ2v) is 5.12. The molecule has 0 saturated carbocycles. The summed E-state index contributed by atoms with van der Waals surface area (Å²) in [6.07, 6.45) is 0.297. The molecule has 0 aromatic heterocycles. The van der Waals surface area contributed by atoms with Crippen LogP contribution in [-0.2, 0) is 9.59 Å². The molecule has 0 aliphatic rings. The van der Waals surface area contributed by atoms with Crippen molar-refractivity contribution >= 4 is 18.2 Å². The lowest BCUT2D eigenvalue weighted by molar-refractivity contribution is -0.147. The summed E-state index contributed by atoms with van der Waals surface area (Å²) in [5, 5.41) is 11.4. The van der Waals surface area contributed by atoms with Crippen LogP contribution < -0.4 is 10.1 Å². The van der Waals surface area contributed by atoms with Crippen LogP contribution >= 0.6 is 0 Å². The van der Waals surface area contributed by atoms with Crippen molar-refractivity contribution in [1.29, 1.82) is 0 Å². The van der Waals surface area contributed by atoms with Crippen molar-refractivity contribution in [3.05, 3.63) is 29.8 Å². The first-order chi connectivity index (χ1) is 9.80. The van der Waals surface area contributed by atoms with Gasteiger partial charge in [0.25, 0.3) is 5.91 Å². The summed E-state index contributed by atoms with van der Waals surface area (Å²) in [5.74, 6) is -1.18. The number of aliphatic carboxylic acids is 1. The third kappa shape index (κ3) is 4.59. The number of carbonyl (C=O) groups excluding carboxylic acids is 2. The van der Waals surface area contributed by atoms with Crippen LogP contribution in [0.5, 0.6) is 5.75 Å². The van der Waals surface area contributed by atoms with Gasteiger partial charge in [0.05, 0.1) is 0 Å². The molecule has 1 unspecified atom stereocenters. The lowest BCUT2D eigenvalue weighted by Crippen LogP contribution is -2.53. The molecule has 0 aliphatic carbocycles. The zero-order chi connectivity index (χ0) is 16.0. The fourth-order valence-corrected chi connectivity index (χ4v) is 1.55. The summed E-state index contributed by atoms with van der Waals surface area (Å²) in [7, 11) is 0. The van der Waals surface area contributed by atoms with E-state index in [1.54, 1.807) is 31.2 Å². The third-order valence-corrected chi connectivity index (χ3v) is 2.93. The van der Waals surface area contributed by atoms with E-state index < -0.39 is 23.5 Å². The highest BCUT2D eigenvalue weighted by atomic mass is 16.5. The maximum Gasteiger partial charge on any atom is 0.328 e. The van der Waals surface area contributed by atoms with Gasteiger partial charge in [-0.25, -0.2) is 4.79 Å². The number of hydrogen-bond acceptors (Lipinski definition) is 4. The van der Waals surface area contributed by atoms with E-state index in [0.717, 1.165) is 0 Å². The van der Waals surface area contributed by atoms with Gasteiger partial charge in [0, 0.05) is 5.56 Å². The van der Waals surface area contributed by atoms with Crippen LogP contribution in [0, 0.1) is 0 Å². The van der Waals surface area contributed by atoms with E-state index in [4.69, 9.17) is 9.84 Å². The van der Waals surface area contributed by atoms with Crippen LogP contribution in [0.25, 0.3) is 0 Å². The Morgan fingerprint density at radius 2 is 1.90 bits per heavy atom. The van der Waals surface area contributed by atoms with E-state index in [1.807, 2.05) is 0 Å². The quantitative estimate of drug-likeness (QED) is 0.745. The standard InChI is InChI=1S/C15H19NO5/c1-4-12(13(18)16-15(2,3)14(19)20)21-11-7-5-10(9-17)6-8-11/h5-9,12H,4H2,1-3H3,(H,16,18)(H,19,20). The van der Waals surface area contributed by atoms with Crippen LogP contribution in [0.15, 0.2) is 24.3 Å². The molecule has 1 amide bonds. The van der Waals surface area contributed by atoms with Crippen LogP contribution in [-0.4, -0.2) is 34.9 Å². The van der Waals surface area contributed by atoms with Gasteiger partial charge in [-0.2, -0.15) is 0 Å². The van der Waals surface area contributed by atoms with Gasteiger partial charge in [-0.3, -0.25) is 9.59 Å². The number of nitrogens with one attached hydrogen (secondary N) is 1. The number of rotatable bonds is 7. The van der Waals surface area contributed by atoms with Crippen molar-refractivity contribution < 1.29 is 24.2 Å². The summed E-state index contributed by atoms with van der Waals surface area (Å²) in [5.41, 5.74) is -0.859. The molecule has 1 rings (SSSR count). The Morgan fingerprint density at radius 1 is 1.33 bits per heavy atom. The van der Waals surface area contributed by atoms with Crippen LogP contribution in [0.2, 0.25) is 0 Å². The largest absolute Gasteiger partial charge is 0.481 e. The highest BCUT2D eigenvalue weighted by molar-refractivity contribution is 5.88. The predicted octanol–water partition coefficient (Wildman–Crippen LogP) is 1.64. The minimum absolute atomic E-state index is 0.386.